The summed E-state index contributed by atoms with van der Waals surface area (Å²) in [6.45, 7) is 2.13. The van der Waals surface area contributed by atoms with E-state index < -0.39 is 10.5 Å². The molecule has 0 saturated heterocycles. The first kappa shape index (κ1) is 22.7. The molecule has 1 amide bonds. The summed E-state index contributed by atoms with van der Waals surface area (Å²) in [5.74, 6) is -0.382. The monoisotopic (exact) mass is 462 g/mol. The summed E-state index contributed by atoms with van der Waals surface area (Å²) >= 11 is 12.3. The van der Waals surface area contributed by atoms with E-state index in [0.29, 0.717) is 22.1 Å². The van der Waals surface area contributed by atoms with E-state index >= 15 is 0 Å². The van der Waals surface area contributed by atoms with Crippen LogP contribution in [0, 0.1) is 10.1 Å². The molecule has 0 saturated carbocycles. The molecule has 0 aliphatic carbocycles. The van der Waals surface area contributed by atoms with Gasteiger partial charge in [0.1, 0.15) is 6.54 Å². The van der Waals surface area contributed by atoms with Gasteiger partial charge >= 0.3 is 0 Å². The van der Waals surface area contributed by atoms with Gasteiger partial charge in [-0.2, -0.15) is 0 Å². The van der Waals surface area contributed by atoms with Gasteiger partial charge in [-0.3, -0.25) is 24.3 Å². The molecule has 2 aromatic carbocycles. The minimum atomic E-state index is -0.585. The van der Waals surface area contributed by atoms with E-state index in [2.05, 4.69) is 10.3 Å². The fraction of sp³-hybridized carbons (Fsp3) is 0.286. The first-order valence-corrected chi connectivity index (χ1v) is 10.4. The molecule has 1 N–H and O–H groups in total. The normalized spacial score (nSPS) is 12.0. The maximum absolute atomic E-state index is 12.7. The van der Waals surface area contributed by atoms with Gasteiger partial charge < -0.3 is 5.32 Å². The maximum Gasteiger partial charge on any atom is 0.270 e. The van der Waals surface area contributed by atoms with E-state index in [9.17, 15) is 19.7 Å². The van der Waals surface area contributed by atoms with Crippen molar-refractivity contribution >= 4 is 45.7 Å². The summed E-state index contributed by atoms with van der Waals surface area (Å²) in [6.07, 6.45) is 2.96. The number of nitro benzene ring substituents is 1. The number of nitrogens with zero attached hydrogens (tertiary/aromatic N) is 3. The quantitative estimate of drug-likeness (QED) is 0.396. The Bertz CT molecular complexity index is 1200. The topological polar surface area (TPSA) is 107 Å². The summed E-state index contributed by atoms with van der Waals surface area (Å²) in [5.41, 5.74) is 0.489. The van der Waals surface area contributed by atoms with Crippen LogP contribution in [0.4, 0.5) is 5.69 Å². The van der Waals surface area contributed by atoms with Gasteiger partial charge in [-0.1, -0.05) is 42.6 Å². The average Bonchev–Trinajstić information content (AvgIpc) is 2.73. The smallest absolute Gasteiger partial charge is 0.270 e. The Morgan fingerprint density at radius 2 is 2.03 bits per heavy atom. The van der Waals surface area contributed by atoms with Gasteiger partial charge in [0.2, 0.25) is 5.91 Å². The lowest BCUT2D eigenvalue weighted by atomic mass is 9.94. The minimum absolute atomic E-state index is 0.00665. The van der Waals surface area contributed by atoms with Gasteiger partial charge in [0.15, 0.2) is 0 Å². The number of rotatable bonds is 8. The third kappa shape index (κ3) is 5.39. The van der Waals surface area contributed by atoms with Gasteiger partial charge in [0.25, 0.3) is 11.2 Å². The fourth-order valence-corrected chi connectivity index (χ4v) is 3.93. The molecule has 3 rings (SSSR count). The van der Waals surface area contributed by atoms with E-state index in [4.69, 9.17) is 23.2 Å². The number of carbonyl (C=O) groups is 1. The second-order valence-electron chi connectivity index (χ2n) is 7.09. The van der Waals surface area contributed by atoms with Crippen molar-refractivity contribution in [1.29, 1.82) is 0 Å². The van der Waals surface area contributed by atoms with Crippen LogP contribution in [-0.2, 0) is 11.3 Å². The number of amides is 1. The fourth-order valence-electron chi connectivity index (χ4n) is 3.37. The molecule has 162 valence electrons. The molecule has 3 aromatic rings. The molecule has 0 spiro atoms. The highest BCUT2D eigenvalue weighted by atomic mass is 35.5. The van der Waals surface area contributed by atoms with Crippen molar-refractivity contribution < 1.29 is 9.72 Å². The lowest BCUT2D eigenvalue weighted by molar-refractivity contribution is -0.384. The third-order valence-electron chi connectivity index (χ3n) is 4.92. The molecule has 8 nitrogen and oxygen atoms in total. The van der Waals surface area contributed by atoms with Crippen LogP contribution in [0.15, 0.2) is 47.5 Å². The van der Waals surface area contributed by atoms with E-state index in [1.165, 1.54) is 24.5 Å². The number of nitrogens with one attached hydrogen (secondary N) is 1. The molecular formula is C21H20Cl2N4O4. The van der Waals surface area contributed by atoms with Crippen LogP contribution < -0.4 is 10.9 Å². The number of non-ortho nitro benzene ring substituents is 1. The highest BCUT2D eigenvalue weighted by molar-refractivity contribution is 6.35. The molecule has 0 aliphatic rings. The molecule has 1 heterocycles. The molecule has 10 heteroatoms. The second kappa shape index (κ2) is 9.89. The maximum atomic E-state index is 12.7. The van der Waals surface area contributed by atoms with Gasteiger partial charge in [0.05, 0.1) is 22.2 Å². The molecule has 0 aliphatic heterocycles. The number of nitro groups is 1. The van der Waals surface area contributed by atoms with E-state index in [1.807, 2.05) is 13.0 Å². The summed E-state index contributed by atoms with van der Waals surface area (Å²) in [7, 11) is 0. The molecule has 31 heavy (non-hydrogen) atoms. The number of fused-ring (bicyclic) bond motifs is 1. The Kier molecular flexibility index (Phi) is 7.25. The molecule has 1 atom stereocenters. The Balaban J connectivity index is 1.75. The number of halogens is 2. The van der Waals surface area contributed by atoms with E-state index in [1.54, 1.807) is 12.1 Å². The van der Waals surface area contributed by atoms with Crippen LogP contribution in [0.25, 0.3) is 10.9 Å². The number of benzene rings is 2. The predicted molar refractivity (Wildman–Crippen MR) is 120 cm³/mol. The predicted octanol–water partition coefficient (Wildman–Crippen LogP) is 4.31. The van der Waals surface area contributed by atoms with Crippen LogP contribution in [0.5, 0.6) is 0 Å². The summed E-state index contributed by atoms with van der Waals surface area (Å²) < 4.78 is 1.13. The molecular weight excluding hydrogens is 443 g/mol. The lowest BCUT2D eigenvalue weighted by Gasteiger charge is -2.19. The average molecular weight is 463 g/mol. The number of carbonyl (C=O) groups excluding carboxylic acids is 1. The van der Waals surface area contributed by atoms with Gasteiger partial charge in [-0.15, -0.1) is 0 Å². The summed E-state index contributed by atoms with van der Waals surface area (Å²) in [5, 5.41) is 15.0. The van der Waals surface area contributed by atoms with Gasteiger partial charge in [-0.05, 0) is 30.2 Å². The number of aromatic nitrogens is 2. The van der Waals surface area contributed by atoms with Crippen molar-refractivity contribution in [3.05, 3.63) is 78.8 Å². The number of hydrogen-bond acceptors (Lipinski definition) is 5. The number of hydrogen-bond donors (Lipinski definition) is 1. The van der Waals surface area contributed by atoms with Crippen LogP contribution in [-0.4, -0.2) is 26.9 Å². The largest absolute Gasteiger partial charge is 0.354 e. The second-order valence-corrected chi connectivity index (χ2v) is 7.94. The zero-order valence-corrected chi connectivity index (χ0v) is 18.2. The van der Waals surface area contributed by atoms with Crippen molar-refractivity contribution in [1.82, 2.24) is 14.9 Å². The molecule has 0 fully saturated rings. The van der Waals surface area contributed by atoms with E-state index in [-0.39, 0.29) is 29.4 Å². The van der Waals surface area contributed by atoms with Crippen LogP contribution in [0.3, 0.4) is 0 Å². The molecule has 0 radical (unpaired) electrons. The Hall–Kier alpha value is -2.97. The van der Waals surface area contributed by atoms with Crippen LogP contribution >= 0.6 is 23.2 Å². The molecule has 1 aromatic heterocycles. The highest BCUT2D eigenvalue weighted by Crippen LogP contribution is 2.30. The van der Waals surface area contributed by atoms with Gasteiger partial charge in [0, 0.05) is 34.6 Å². The Labute approximate surface area is 188 Å². The first-order valence-electron chi connectivity index (χ1n) is 9.65. The van der Waals surface area contributed by atoms with Crippen LogP contribution in [0.2, 0.25) is 10.0 Å². The SMILES string of the molecule is CCCC(CNC(=O)Cn1cnc2ccc([N+](=O)[O-])cc2c1=O)c1ccc(Cl)cc1Cl. The molecule has 0 bridgehead atoms. The van der Waals surface area contributed by atoms with Crippen molar-refractivity contribution in [2.75, 3.05) is 6.54 Å². The third-order valence-corrected chi connectivity index (χ3v) is 5.48. The minimum Gasteiger partial charge on any atom is -0.354 e. The van der Waals surface area contributed by atoms with Crippen molar-refractivity contribution in [2.45, 2.75) is 32.2 Å². The first-order chi connectivity index (χ1) is 14.8. The van der Waals surface area contributed by atoms with Crippen molar-refractivity contribution in [3.8, 4) is 0 Å². The summed E-state index contributed by atoms with van der Waals surface area (Å²) in [4.78, 5) is 39.7. The molecule has 1 unspecified atom stereocenters. The zero-order valence-electron chi connectivity index (χ0n) is 16.7. The van der Waals surface area contributed by atoms with E-state index in [0.717, 1.165) is 23.0 Å². The van der Waals surface area contributed by atoms with Crippen molar-refractivity contribution in [2.24, 2.45) is 0 Å². The Morgan fingerprint density at radius 1 is 1.26 bits per heavy atom. The zero-order chi connectivity index (χ0) is 22.5. The van der Waals surface area contributed by atoms with Crippen LogP contribution in [0.1, 0.15) is 31.2 Å². The summed E-state index contributed by atoms with van der Waals surface area (Å²) in [6, 6.07) is 9.13. The van der Waals surface area contributed by atoms with Gasteiger partial charge in [-0.25, -0.2) is 4.98 Å². The lowest BCUT2D eigenvalue weighted by Crippen LogP contribution is -2.34. The highest BCUT2D eigenvalue weighted by Gasteiger charge is 2.17. The van der Waals surface area contributed by atoms with Crippen molar-refractivity contribution in [3.63, 3.8) is 0 Å². The standard InChI is InChI=1S/C21H20Cl2N4O4/c1-2-3-13(16-6-4-14(22)8-18(16)23)10-24-20(28)11-26-12-25-19-7-5-15(27(30)31)9-17(19)21(26)29/h4-9,12-13H,2-3,10-11H2,1H3,(H,24,28). The Morgan fingerprint density at radius 3 is 2.71 bits per heavy atom.